The van der Waals surface area contributed by atoms with Crippen LogP contribution in [0.15, 0.2) is 30.6 Å². The molecule has 0 aliphatic rings. The summed E-state index contributed by atoms with van der Waals surface area (Å²) in [5, 5.41) is 3.29. The molecule has 0 saturated carbocycles. The lowest BCUT2D eigenvalue weighted by Gasteiger charge is -2.09. The largest absolute Gasteiger partial charge is 0.437 e. The zero-order valence-corrected chi connectivity index (χ0v) is 12.6. The Morgan fingerprint density at radius 3 is 2.81 bits per heavy atom. The van der Waals surface area contributed by atoms with Gasteiger partial charge in [-0.15, -0.1) is 0 Å². The number of rotatable bonds is 6. The normalized spacial score (nSPS) is 10.9. The van der Waals surface area contributed by atoms with E-state index >= 15 is 0 Å². The zero-order chi connectivity index (χ0) is 15.2. The SMILES string of the molecule is Cc1ccc(Oc2cncc(CNCC(C)C)n2)cc1F. The Morgan fingerprint density at radius 1 is 1.29 bits per heavy atom. The van der Waals surface area contributed by atoms with Gasteiger partial charge in [-0.2, -0.15) is 0 Å². The Kier molecular flexibility index (Phi) is 5.22. The number of hydrogen-bond donors (Lipinski definition) is 1. The van der Waals surface area contributed by atoms with E-state index in [1.807, 2.05) is 0 Å². The first-order chi connectivity index (χ1) is 10.0. The summed E-state index contributed by atoms with van der Waals surface area (Å²) >= 11 is 0. The standard InChI is InChI=1S/C16H20FN3O/c1-11(2)7-18-8-13-9-19-10-16(20-13)21-14-5-4-12(3)15(17)6-14/h4-6,9-11,18H,7-8H2,1-3H3. The molecule has 2 aromatic rings. The summed E-state index contributed by atoms with van der Waals surface area (Å²) in [5.74, 6) is 1.06. The van der Waals surface area contributed by atoms with Gasteiger partial charge in [-0.3, -0.25) is 4.98 Å². The molecule has 0 atom stereocenters. The zero-order valence-electron chi connectivity index (χ0n) is 12.6. The molecule has 0 aliphatic carbocycles. The first-order valence-electron chi connectivity index (χ1n) is 7.00. The van der Waals surface area contributed by atoms with E-state index in [1.165, 1.54) is 12.3 Å². The predicted molar refractivity (Wildman–Crippen MR) is 79.8 cm³/mol. The third-order valence-corrected chi connectivity index (χ3v) is 2.89. The van der Waals surface area contributed by atoms with Crippen molar-refractivity contribution in [1.82, 2.24) is 15.3 Å². The topological polar surface area (TPSA) is 47.0 Å². The van der Waals surface area contributed by atoms with Crippen LogP contribution in [-0.2, 0) is 6.54 Å². The fraction of sp³-hybridized carbons (Fsp3) is 0.375. The van der Waals surface area contributed by atoms with Gasteiger partial charge in [0.1, 0.15) is 11.6 Å². The monoisotopic (exact) mass is 289 g/mol. The molecule has 0 bridgehead atoms. The fourth-order valence-corrected chi connectivity index (χ4v) is 1.77. The second kappa shape index (κ2) is 7.13. The van der Waals surface area contributed by atoms with E-state index < -0.39 is 0 Å². The summed E-state index contributed by atoms with van der Waals surface area (Å²) in [5.41, 5.74) is 1.38. The highest BCUT2D eigenvalue weighted by Gasteiger charge is 2.05. The minimum absolute atomic E-state index is 0.296. The molecular formula is C16H20FN3O. The van der Waals surface area contributed by atoms with Crippen molar-refractivity contribution < 1.29 is 9.13 Å². The average Bonchev–Trinajstić information content (AvgIpc) is 2.43. The van der Waals surface area contributed by atoms with Crippen LogP contribution in [0.3, 0.4) is 0 Å². The molecule has 1 aromatic heterocycles. The summed E-state index contributed by atoms with van der Waals surface area (Å²) in [4.78, 5) is 8.44. The molecule has 4 nitrogen and oxygen atoms in total. The van der Waals surface area contributed by atoms with Crippen LogP contribution in [0.5, 0.6) is 11.6 Å². The highest BCUT2D eigenvalue weighted by molar-refractivity contribution is 5.30. The van der Waals surface area contributed by atoms with Crippen molar-refractivity contribution in [3.63, 3.8) is 0 Å². The molecule has 2 rings (SSSR count). The lowest BCUT2D eigenvalue weighted by atomic mass is 10.2. The molecule has 0 amide bonds. The van der Waals surface area contributed by atoms with Gasteiger partial charge in [0.25, 0.3) is 0 Å². The predicted octanol–water partition coefficient (Wildman–Crippen LogP) is 3.46. The maximum absolute atomic E-state index is 13.5. The van der Waals surface area contributed by atoms with Gasteiger partial charge in [0.2, 0.25) is 5.88 Å². The highest BCUT2D eigenvalue weighted by Crippen LogP contribution is 2.21. The molecule has 0 aliphatic heterocycles. The minimum Gasteiger partial charge on any atom is -0.437 e. The van der Waals surface area contributed by atoms with E-state index in [2.05, 4.69) is 29.1 Å². The Morgan fingerprint density at radius 2 is 2.10 bits per heavy atom. The Hall–Kier alpha value is -2.01. The maximum Gasteiger partial charge on any atom is 0.238 e. The Bertz CT molecular complexity index is 602. The molecular weight excluding hydrogens is 269 g/mol. The van der Waals surface area contributed by atoms with Crippen molar-refractivity contribution >= 4 is 0 Å². The highest BCUT2D eigenvalue weighted by atomic mass is 19.1. The lowest BCUT2D eigenvalue weighted by Crippen LogP contribution is -2.19. The van der Waals surface area contributed by atoms with Gasteiger partial charge in [0, 0.05) is 18.8 Å². The summed E-state index contributed by atoms with van der Waals surface area (Å²) in [6.07, 6.45) is 3.21. The van der Waals surface area contributed by atoms with E-state index in [1.54, 1.807) is 25.3 Å². The van der Waals surface area contributed by atoms with Crippen molar-refractivity contribution in [3.05, 3.63) is 47.7 Å². The fourth-order valence-electron chi connectivity index (χ4n) is 1.77. The van der Waals surface area contributed by atoms with Crippen LogP contribution in [0.25, 0.3) is 0 Å². The molecule has 1 N–H and O–H groups in total. The lowest BCUT2D eigenvalue weighted by molar-refractivity contribution is 0.450. The second-order valence-electron chi connectivity index (χ2n) is 5.39. The first kappa shape index (κ1) is 15.4. The van der Waals surface area contributed by atoms with Crippen LogP contribution in [0, 0.1) is 18.7 Å². The first-order valence-corrected chi connectivity index (χ1v) is 7.00. The quantitative estimate of drug-likeness (QED) is 0.884. The van der Waals surface area contributed by atoms with Crippen LogP contribution in [0.4, 0.5) is 4.39 Å². The van der Waals surface area contributed by atoms with Gasteiger partial charge in [-0.25, -0.2) is 9.37 Å². The molecule has 112 valence electrons. The summed E-state index contributed by atoms with van der Waals surface area (Å²) in [6.45, 7) is 7.54. The molecule has 0 fully saturated rings. The van der Waals surface area contributed by atoms with E-state index in [9.17, 15) is 4.39 Å². The number of ether oxygens (including phenoxy) is 1. The maximum atomic E-state index is 13.5. The molecule has 21 heavy (non-hydrogen) atoms. The van der Waals surface area contributed by atoms with Crippen LogP contribution in [-0.4, -0.2) is 16.5 Å². The van der Waals surface area contributed by atoms with Crippen LogP contribution in [0.2, 0.25) is 0 Å². The molecule has 1 heterocycles. The van der Waals surface area contributed by atoms with Crippen molar-refractivity contribution in [1.29, 1.82) is 0 Å². The summed E-state index contributed by atoms with van der Waals surface area (Å²) < 4.78 is 19.0. The van der Waals surface area contributed by atoms with Gasteiger partial charge in [0.15, 0.2) is 0 Å². The number of aromatic nitrogens is 2. The van der Waals surface area contributed by atoms with Crippen molar-refractivity contribution in [3.8, 4) is 11.6 Å². The molecule has 5 heteroatoms. The number of aryl methyl sites for hydroxylation is 1. The Labute approximate surface area is 124 Å². The van der Waals surface area contributed by atoms with E-state index in [4.69, 9.17) is 4.74 Å². The smallest absolute Gasteiger partial charge is 0.238 e. The number of benzene rings is 1. The third kappa shape index (κ3) is 4.79. The number of halogens is 1. The molecule has 0 saturated heterocycles. The van der Waals surface area contributed by atoms with E-state index in [0.717, 1.165) is 12.2 Å². The summed E-state index contributed by atoms with van der Waals surface area (Å²) in [6, 6.07) is 4.73. The minimum atomic E-state index is -0.296. The second-order valence-corrected chi connectivity index (χ2v) is 5.39. The molecule has 0 spiro atoms. The van der Waals surface area contributed by atoms with Gasteiger partial charge in [0.05, 0.1) is 11.9 Å². The van der Waals surface area contributed by atoms with Gasteiger partial charge >= 0.3 is 0 Å². The van der Waals surface area contributed by atoms with Gasteiger partial charge < -0.3 is 10.1 Å². The Balaban J connectivity index is 2.01. The van der Waals surface area contributed by atoms with Crippen LogP contribution in [0.1, 0.15) is 25.1 Å². The number of nitrogens with zero attached hydrogens (tertiary/aromatic N) is 2. The number of hydrogen-bond acceptors (Lipinski definition) is 4. The number of nitrogens with one attached hydrogen (secondary N) is 1. The average molecular weight is 289 g/mol. The summed E-state index contributed by atoms with van der Waals surface area (Å²) in [7, 11) is 0. The van der Waals surface area contributed by atoms with Gasteiger partial charge in [-0.1, -0.05) is 19.9 Å². The third-order valence-electron chi connectivity index (χ3n) is 2.89. The van der Waals surface area contributed by atoms with Crippen molar-refractivity contribution in [2.45, 2.75) is 27.3 Å². The van der Waals surface area contributed by atoms with E-state index in [-0.39, 0.29) is 5.82 Å². The van der Waals surface area contributed by atoms with Crippen molar-refractivity contribution in [2.75, 3.05) is 6.54 Å². The molecule has 1 aromatic carbocycles. The molecule has 0 radical (unpaired) electrons. The van der Waals surface area contributed by atoms with Gasteiger partial charge in [-0.05, 0) is 31.0 Å². The van der Waals surface area contributed by atoms with Crippen molar-refractivity contribution in [2.24, 2.45) is 5.92 Å². The van der Waals surface area contributed by atoms with E-state index in [0.29, 0.717) is 29.7 Å². The van der Waals surface area contributed by atoms with Crippen LogP contribution >= 0.6 is 0 Å². The molecule has 0 unspecified atom stereocenters. The van der Waals surface area contributed by atoms with Crippen LogP contribution < -0.4 is 10.1 Å².